The summed E-state index contributed by atoms with van der Waals surface area (Å²) in [6.07, 6.45) is 3.50. The van der Waals surface area contributed by atoms with Crippen molar-refractivity contribution in [3.8, 4) is 11.8 Å². The molecule has 1 aliphatic rings. The van der Waals surface area contributed by atoms with E-state index >= 15 is 0 Å². The van der Waals surface area contributed by atoms with Crippen molar-refractivity contribution in [2.24, 2.45) is 11.5 Å². The Morgan fingerprint density at radius 3 is 2.88 bits per heavy atom. The molecule has 2 aromatic rings. The van der Waals surface area contributed by atoms with Gasteiger partial charge >= 0.3 is 0 Å². The van der Waals surface area contributed by atoms with Gasteiger partial charge in [0, 0.05) is 36.1 Å². The maximum absolute atomic E-state index is 11.7. The average molecular weight is 325 g/mol. The number of carbonyl (C=O) groups excluding carboxylic acids is 1. The molecule has 7 heteroatoms. The molecule has 1 amide bonds. The minimum absolute atomic E-state index is 0.0954. The molecule has 124 valence electrons. The van der Waals surface area contributed by atoms with Crippen LogP contribution in [0.1, 0.15) is 28.8 Å². The lowest BCUT2D eigenvalue weighted by Gasteiger charge is -2.32. The minimum atomic E-state index is -0.601. The summed E-state index contributed by atoms with van der Waals surface area (Å²) < 4.78 is 5.30. The Bertz CT molecular complexity index is 843. The zero-order chi connectivity index (χ0) is 17.3. The number of methoxy groups -OCH3 is 1. The molecule has 0 unspecified atom stereocenters. The molecule has 1 fully saturated rings. The molecule has 1 saturated heterocycles. The van der Waals surface area contributed by atoms with Crippen LogP contribution in [0.3, 0.4) is 0 Å². The predicted octanol–water partition coefficient (Wildman–Crippen LogP) is 1.14. The van der Waals surface area contributed by atoms with Gasteiger partial charge in [-0.3, -0.25) is 4.79 Å². The van der Waals surface area contributed by atoms with Crippen molar-refractivity contribution in [3.63, 3.8) is 0 Å². The average Bonchev–Trinajstić information content (AvgIpc) is 2.59. The molecule has 7 nitrogen and oxygen atoms in total. The summed E-state index contributed by atoms with van der Waals surface area (Å²) >= 11 is 0. The van der Waals surface area contributed by atoms with Crippen molar-refractivity contribution in [2.75, 3.05) is 25.1 Å². The quantitative estimate of drug-likeness (QED) is 0.873. The van der Waals surface area contributed by atoms with E-state index in [1.165, 1.54) is 13.3 Å². The third-order valence-corrected chi connectivity index (χ3v) is 4.33. The number of hydrogen-bond donors (Lipinski definition) is 2. The van der Waals surface area contributed by atoms with Gasteiger partial charge < -0.3 is 21.1 Å². The van der Waals surface area contributed by atoms with Crippen molar-refractivity contribution in [2.45, 2.75) is 18.9 Å². The minimum Gasteiger partial charge on any atom is -0.496 e. The normalized spacial score (nSPS) is 17.5. The first-order chi connectivity index (χ1) is 11.5. The number of rotatable bonds is 3. The van der Waals surface area contributed by atoms with E-state index in [1.54, 1.807) is 12.1 Å². The second-order valence-electron chi connectivity index (χ2n) is 5.92. The third-order valence-electron chi connectivity index (χ3n) is 4.33. The maximum Gasteiger partial charge on any atom is 0.252 e. The number of nitrogens with zero attached hydrogens (tertiary/aromatic N) is 3. The Hall–Kier alpha value is -2.85. The van der Waals surface area contributed by atoms with E-state index in [1.807, 2.05) is 0 Å². The molecule has 0 radical (unpaired) electrons. The molecule has 3 rings (SSSR count). The Labute approximate surface area is 139 Å². The highest BCUT2D eigenvalue weighted by Gasteiger charge is 2.22. The molecule has 1 aliphatic heterocycles. The van der Waals surface area contributed by atoms with Gasteiger partial charge in [0.05, 0.1) is 18.2 Å². The lowest BCUT2D eigenvalue weighted by Crippen LogP contribution is -2.43. The van der Waals surface area contributed by atoms with Crippen LogP contribution in [0.2, 0.25) is 0 Å². The molecule has 0 spiro atoms. The number of anilines is 1. The first-order valence-electron chi connectivity index (χ1n) is 7.76. The largest absolute Gasteiger partial charge is 0.496 e. The molecule has 0 aliphatic carbocycles. The summed E-state index contributed by atoms with van der Waals surface area (Å²) in [5.41, 5.74) is 12.1. The van der Waals surface area contributed by atoms with E-state index < -0.39 is 5.91 Å². The van der Waals surface area contributed by atoms with Gasteiger partial charge in [0.15, 0.2) is 0 Å². The number of amides is 1. The van der Waals surface area contributed by atoms with Crippen LogP contribution in [0.25, 0.3) is 10.8 Å². The van der Waals surface area contributed by atoms with Gasteiger partial charge in [-0.2, -0.15) is 5.26 Å². The van der Waals surface area contributed by atoms with Crippen LogP contribution in [-0.2, 0) is 0 Å². The van der Waals surface area contributed by atoms with Crippen LogP contribution in [0, 0.1) is 11.3 Å². The number of aromatic nitrogens is 1. The zero-order valence-electron chi connectivity index (χ0n) is 13.5. The summed E-state index contributed by atoms with van der Waals surface area (Å²) in [6.45, 7) is 1.55. The second kappa shape index (κ2) is 6.34. The molecule has 1 aromatic heterocycles. The van der Waals surface area contributed by atoms with Crippen molar-refractivity contribution >= 4 is 22.5 Å². The Morgan fingerprint density at radius 1 is 1.46 bits per heavy atom. The molecule has 4 N–H and O–H groups in total. The van der Waals surface area contributed by atoms with E-state index in [2.05, 4.69) is 16.0 Å². The van der Waals surface area contributed by atoms with Gasteiger partial charge in [-0.1, -0.05) is 0 Å². The number of carbonyl (C=O) groups is 1. The lowest BCUT2D eigenvalue weighted by atomic mass is 10.0. The van der Waals surface area contributed by atoms with Crippen molar-refractivity contribution in [1.82, 2.24) is 4.98 Å². The summed E-state index contributed by atoms with van der Waals surface area (Å²) in [6, 6.07) is 5.53. The highest BCUT2D eigenvalue weighted by Crippen LogP contribution is 2.34. The SMILES string of the molecule is COc1cc2c(N3CCC[C@H](N)C3)ncc(C#N)c2cc1C(N)=O. The van der Waals surface area contributed by atoms with Gasteiger partial charge in [-0.05, 0) is 25.0 Å². The fourth-order valence-electron chi connectivity index (χ4n) is 3.16. The van der Waals surface area contributed by atoms with Crippen molar-refractivity contribution in [3.05, 3.63) is 29.5 Å². The summed E-state index contributed by atoms with van der Waals surface area (Å²) in [4.78, 5) is 18.2. The van der Waals surface area contributed by atoms with E-state index in [4.69, 9.17) is 16.2 Å². The fraction of sp³-hybridized carbons (Fsp3) is 0.353. The number of hydrogen-bond acceptors (Lipinski definition) is 6. The maximum atomic E-state index is 11.7. The van der Waals surface area contributed by atoms with Crippen molar-refractivity contribution in [1.29, 1.82) is 5.26 Å². The van der Waals surface area contributed by atoms with Crippen LogP contribution in [-0.4, -0.2) is 37.1 Å². The molecular formula is C17H19N5O2. The first kappa shape index (κ1) is 16.0. The van der Waals surface area contributed by atoms with Gasteiger partial charge in [0.1, 0.15) is 17.6 Å². The van der Waals surface area contributed by atoms with Gasteiger partial charge in [0.25, 0.3) is 5.91 Å². The lowest BCUT2D eigenvalue weighted by molar-refractivity contribution is 0.0997. The van der Waals surface area contributed by atoms with Crippen molar-refractivity contribution < 1.29 is 9.53 Å². The molecule has 0 saturated carbocycles. The van der Waals surface area contributed by atoms with E-state index in [0.29, 0.717) is 23.2 Å². The Morgan fingerprint density at radius 2 is 2.25 bits per heavy atom. The van der Waals surface area contributed by atoms with Gasteiger partial charge in [0.2, 0.25) is 0 Å². The van der Waals surface area contributed by atoms with Gasteiger partial charge in [-0.15, -0.1) is 0 Å². The number of benzene rings is 1. The number of nitriles is 1. The number of nitrogens with two attached hydrogens (primary N) is 2. The third kappa shape index (κ3) is 2.72. The molecule has 24 heavy (non-hydrogen) atoms. The van der Waals surface area contributed by atoms with E-state index in [-0.39, 0.29) is 11.6 Å². The number of piperidine rings is 1. The Balaban J connectivity index is 2.24. The standard InChI is InChI=1S/C17H19N5O2/c1-24-15-6-13-12(5-14(15)16(20)23)10(7-18)8-21-17(13)22-4-2-3-11(19)9-22/h5-6,8,11H,2-4,9,19H2,1H3,(H2,20,23)/t11-/m0/s1. The molecule has 2 heterocycles. The molecule has 1 aromatic carbocycles. The summed E-state index contributed by atoms with van der Waals surface area (Å²) in [5.74, 6) is 0.513. The molecule has 1 atom stereocenters. The van der Waals surface area contributed by atoms with Crippen LogP contribution >= 0.6 is 0 Å². The number of pyridine rings is 1. The van der Waals surface area contributed by atoms with Crippen LogP contribution in [0.4, 0.5) is 5.82 Å². The smallest absolute Gasteiger partial charge is 0.252 e. The summed E-state index contributed by atoms with van der Waals surface area (Å²) in [5, 5.41) is 10.8. The Kier molecular flexibility index (Phi) is 4.23. The number of fused-ring (bicyclic) bond motifs is 1. The topological polar surface area (TPSA) is 118 Å². The zero-order valence-corrected chi connectivity index (χ0v) is 13.5. The second-order valence-corrected chi connectivity index (χ2v) is 5.92. The molecule has 0 bridgehead atoms. The highest BCUT2D eigenvalue weighted by atomic mass is 16.5. The number of ether oxygens (including phenoxy) is 1. The summed E-state index contributed by atoms with van der Waals surface area (Å²) in [7, 11) is 1.48. The predicted molar refractivity (Wildman–Crippen MR) is 91.0 cm³/mol. The van der Waals surface area contributed by atoms with Crippen LogP contribution < -0.4 is 21.1 Å². The van der Waals surface area contributed by atoms with E-state index in [0.717, 1.165) is 30.6 Å². The highest BCUT2D eigenvalue weighted by molar-refractivity contribution is 6.04. The van der Waals surface area contributed by atoms with Gasteiger partial charge in [-0.25, -0.2) is 4.98 Å². The van der Waals surface area contributed by atoms with Crippen LogP contribution in [0.15, 0.2) is 18.3 Å². The van der Waals surface area contributed by atoms with Crippen LogP contribution in [0.5, 0.6) is 5.75 Å². The monoisotopic (exact) mass is 325 g/mol. The molecular weight excluding hydrogens is 306 g/mol. The van der Waals surface area contributed by atoms with E-state index in [9.17, 15) is 10.1 Å². The fourth-order valence-corrected chi connectivity index (χ4v) is 3.16. The first-order valence-corrected chi connectivity index (χ1v) is 7.76. The number of primary amides is 1.